The number of morpholine rings is 1. The van der Waals surface area contributed by atoms with Gasteiger partial charge in [0, 0.05) is 52.4 Å². The SMILES string of the molecule is CN=C(NCc1ccc(OCCCN(C)C)cc1)N1CCC(N2CCOCC2)C1.I. The van der Waals surface area contributed by atoms with E-state index in [0.717, 1.165) is 77.2 Å². The smallest absolute Gasteiger partial charge is 0.193 e. The average molecular weight is 531 g/mol. The van der Waals surface area contributed by atoms with Crippen LogP contribution in [-0.4, -0.2) is 100 Å². The molecule has 0 amide bonds. The summed E-state index contributed by atoms with van der Waals surface area (Å²) in [7, 11) is 6.04. The van der Waals surface area contributed by atoms with Crippen molar-refractivity contribution in [3.8, 4) is 5.75 Å². The van der Waals surface area contributed by atoms with Gasteiger partial charge in [0.15, 0.2) is 5.96 Å². The molecule has 0 radical (unpaired) electrons. The Kier molecular flexibility index (Phi) is 11.2. The maximum absolute atomic E-state index is 5.82. The molecule has 1 atom stereocenters. The van der Waals surface area contributed by atoms with Gasteiger partial charge in [0.2, 0.25) is 0 Å². The van der Waals surface area contributed by atoms with Crippen LogP contribution in [0.5, 0.6) is 5.75 Å². The summed E-state index contributed by atoms with van der Waals surface area (Å²) in [5.74, 6) is 1.93. The van der Waals surface area contributed by atoms with Gasteiger partial charge in [-0.1, -0.05) is 12.1 Å². The lowest BCUT2D eigenvalue weighted by Crippen LogP contribution is -2.46. The van der Waals surface area contributed by atoms with E-state index < -0.39 is 0 Å². The number of aliphatic imine (C=N–C) groups is 1. The lowest BCUT2D eigenvalue weighted by molar-refractivity contribution is 0.0195. The highest BCUT2D eigenvalue weighted by Gasteiger charge is 2.30. The van der Waals surface area contributed by atoms with Crippen molar-refractivity contribution in [3.63, 3.8) is 0 Å². The Bertz CT molecular complexity index is 635. The maximum atomic E-state index is 5.82. The first-order chi connectivity index (χ1) is 14.2. The van der Waals surface area contributed by atoms with Crippen molar-refractivity contribution >= 4 is 29.9 Å². The fourth-order valence-electron chi connectivity index (χ4n) is 3.96. The summed E-state index contributed by atoms with van der Waals surface area (Å²) in [6.45, 7) is 8.48. The molecule has 8 heteroatoms. The summed E-state index contributed by atoms with van der Waals surface area (Å²) < 4.78 is 11.3. The standard InChI is InChI=1S/C22H37N5O2.HI/c1-23-22(27-11-9-20(18-27)26-12-15-28-16-13-26)24-17-19-5-7-21(8-6-19)29-14-4-10-25(2)3;/h5-8,20H,4,9-18H2,1-3H3,(H,23,24);1H. The first-order valence-corrected chi connectivity index (χ1v) is 10.8. The van der Waals surface area contributed by atoms with Crippen molar-refractivity contribution in [2.75, 3.05) is 73.7 Å². The second kappa shape index (κ2) is 13.3. The van der Waals surface area contributed by atoms with E-state index in [4.69, 9.17) is 9.47 Å². The Labute approximate surface area is 198 Å². The van der Waals surface area contributed by atoms with E-state index in [2.05, 4.69) is 63.4 Å². The molecule has 1 unspecified atom stereocenters. The van der Waals surface area contributed by atoms with Gasteiger partial charge in [-0.15, -0.1) is 24.0 Å². The summed E-state index contributed by atoms with van der Waals surface area (Å²) in [4.78, 5) is 11.6. The first-order valence-electron chi connectivity index (χ1n) is 10.8. The molecule has 2 aliphatic rings. The van der Waals surface area contributed by atoms with E-state index in [-0.39, 0.29) is 24.0 Å². The van der Waals surface area contributed by atoms with Crippen molar-refractivity contribution in [3.05, 3.63) is 29.8 Å². The van der Waals surface area contributed by atoms with Gasteiger partial charge in [0.25, 0.3) is 0 Å². The van der Waals surface area contributed by atoms with Gasteiger partial charge in [-0.3, -0.25) is 9.89 Å². The third-order valence-electron chi connectivity index (χ3n) is 5.63. The zero-order chi connectivity index (χ0) is 20.5. The minimum atomic E-state index is 0. The van der Waals surface area contributed by atoms with Crippen molar-refractivity contribution in [1.29, 1.82) is 0 Å². The number of benzene rings is 1. The Hall–Kier alpha value is -1.10. The molecule has 3 rings (SSSR count). The second-order valence-electron chi connectivity index (χ2n) is 8.09. The highest BCUT2D eigenvalue weighted by atomic mass is 127. The normalized spacial score (nSPS) is 20.3. The van der Waals surface area contributed by atoms with E-state index in [0.29, 0.717) is 6.04 Å². The zero-order valence-electron chi connectivity index (χ0n) is 18.7. The molecule has 1 N–H and O–H groups in total. The van der Waals surface area contributed by atoms with Gasteiger partial charge < -0.3 is 24.6 Å². The van der Waals surface area contributed by atoms with E-state index in [1.807, 2.05) is 7.05 Å². The van der Waals surface area contributed by atoms with Crippen LogP contribution in [0.2, 0.25) is 0 Å². The molecular formula is C22H38IN5O2. The number of guanidine groups is 1. The van der Waals surface area contributed by atoms with Crippen LogP contribution < -0.4 is 10.1 Å². The van der Waals surface area contributed by atoms with Crippen LogP contribution in [-0.2, 0) is 11.3 Å². The van der Waals surface area contributed by atoms with Crippen LogP contribution in [0.15, 0.2) is 29.3 Å². The molecule has 2 aliphatic heterocycles. The van der Waals surface area contributed by atoms with Gasteiger partial charge in [0.1, 0.15) is 5.75 Å². The molecule has 2 fully saturated rings. The molecule has 7 nitrogen and oxygen atoms in total. The summed E-state index contributed by atoms with van der Waals surface area (Å²) in [6.07, 6.45) is 2.23. The molecule has 1 aromatic rings. The summed E-state index contributed by atoms with van der Waals surface area (Å²) in [5.41, 5.74) is 1.23. The summed E-state index contributed by atoms with van der Waals surface area (Å²) in [6, 6.07) is 8.98. The molecule has 2 saturated heterocycles. The molecule has 0 bridgehead atoms. The predicted octanol–water partition coefficient (Wildman–Crippen LogP) is 2.12. The van der Waals surface area contributed by atoms with Crippen LogP contribution in [0.25, 0.3) is 0 Å². The van der Waals surface area contributed by atoms with Gasteiger partial charge in [-0.2, -0.15) is 0 Å². The fraction of sp³-hybridized carbons (Fsp3) is 0.682. The monoisotopic (exact) mass is 531 g/mol. The molecule has 0 aliphatic carbocycles. The molecule has 1 aromatic carbocycles. The average Bonchev–Trinajstić information content (AvgIpc) is 3.23. The zero-order valence-corrected chi connectivity index (χ0v) is 21.0. The molecule has 30 heavy (non-hydrogen) atoms. The second-order valence-corrected chi connectivity index (χ2v) is 8.09. The number of likely N-dealkylation sites (tertiary alicyclic amines) is 1. The van der Waals surface area contributed by atoms with Gasteiger partial charge in [-0.25, -0.2) is 0 Å². The largest absolute Gasteiger partial charge is 0.494 e. The number of ether oxygens (including phenoxy) is 2. The number of nitrogens with one attached hydrogen (secondary N) is 1. The van der Waals surface area contributed by atoms with Crippen molar-refractivity contribution in [2.45, 2.75) is 25.4 Å². The van der Waals surface area contributed by atoms with E-state index >= 15 is 0 Å². The Morgan fingerprint density at radius 3 is 2.60 bits per heavy atom. The third kappa shape index (κ3) is 7.86. The van der Waals surface area contributed by atoms with E-state index in [1.54, 1.807) is 0 Å². The Morgan fingerprint density at radius 2 is 1.93 bits per heavy atom. The third-order valence-corrected chi connectivity index (χ3v) is 5.63. The summed E-state index contributed by atoms with van der Waals surface area (Å²) >= 11 is 0. The van der Waals surface area contributed by atoms with Crippen molar-refractivity contribution in [1.82, 2.24) is 20.0 Å². The lowest BCUT2D eigenvalue weighted by atomic mass is 10.2. The van der Waals surface area contributed by atoms with Crippen molar-refractivity contribution < 1.29 is 9.47 Å². The molecule has 0 saturated carbocycles. The van der Waals surface area contributed by atoms with Gasteiger partial charge in [-0.05, 0) is 44.6 Å². The van der Waals surface area contributed by atoms with Crippen LogP contribution in [0.1, 0.15) is 18.4 Å². The minimum Gasteiger partial charge on any atom is -0.494 e. The minimum absolute atomic E-state index is 0. The predicted molar refractivity (Wildman–Crippen MR) is 133 cm³/mol. The van der Waals surface area contributed by atoms with E-state index in [1.165, 1.54) is 12.0 Å². The van der Waals surface area contributed by atoms with Crippen LogP contribution >= 0.6 is 24.0 Å². The number of hydrogen-bond donors (Lipinski definition) is 1. The van der Waals surface area contributed by atoms with Crippen LogP contribution in [0, 0.1) is 0 Å². The molecule has 0 aromatic heterocycles. The number of rotatable bonds is 8. The number of halogens is 1. The van der Waals surface area contributed by atoms with Gasteiger partial charge >= 0.3 is 0 Å². The van der Waals surface area contributed by atoms with E-state index in [9.17, 15) is 0 Å². The first kappa shape index (κ1) is 25.2. The van der Waals surface area contributed by atoms with Gasteiger partial charge in [0.05, 0.1) is 19.8 Å². The maximum Gasteiger partial charge on any atom is 0.193 e. The highest BCUT2D eigenvalue weighted by Crippen LogP contribution is 2.17. The quantitative estimate of drug-likeness (QED) is 0.240. The Morgan fingerprint density at radius 1 is 1.20 bits per heavy atom. The number of nitrogens with zero attached hydrogens (tertiary/aromatic N) is 4. The summed E-state index contributed by atoms with van der Waals surface area (Å²) in [5, 5.41) is 3.52. The topological polar surface area (TPSA) is 52.6 Å². The fourth-order valence-corrected chi connectivity index (χ4v) is 3.96. The molecule has 170 valence electrons. The highest BCUT2D eigenvalue weighted by molar-refractivity contribution is 14.0. The molecule has 0 spiro atoms. The Balaban J connectivity index is 0.00000320. The molecular weight excluding hydrogens is 493 g/mol. The molecule has 2 heterocycles. The lowest BCUT2D eigenvalue weighted by Gasteiger charge is -2.32. The van der Waals surface area contributed by atoms with Crippen LogP contribution in [0.4, 0.5) is 0 Å². The van der Waals surface area contributed by atoms with Crippen molar-refractivity contribution in [2.24, 2.45) is 4.99 Å². The number of hydrogen-bond acceptors (Lipinski definition) is 5. The van der Waals surface area contributed by atoms with Crippen LogP contribution in [0.3, 0.4) is 0 Å².